The summed E-state index contributed by atoms with van der Waals surface area (Å²) in [6.07, 6.45) is 1.81. The number of aromatic amines is 1. The van der Waals surface area contributed by atoms with Crippen molar-refractivity contribution >= 4 is 34.5 Å². The Morgan fingerprint density at radius 1 is 1.09 bits per heavy atom. The fourth-order valence-corrected chi connectivity index (χ4v) is 2.91. The van der Waals surface area contributed by atoms with Crippen molar-refractivity contribution in [3.8, 4) is 0 Å². The Balaban J connectivity index is 1.77. The maximum atomic E-state index is 12.5. The van der Waals surface area contributed by atoms with Gasteiger partial charge in [0.2, 0.25) is 11.8 Å². The molecule has 0 saturated carbocycles. The standard InChI is InChI=1S/C14H10N4O4/c19-11-2-1-10(12(20)16-11)18-13(21)7-3-6-5-15-17-9(6)4-8(7)14(18)22/h3-5,10H,1-2H2,(H,15,17)(H,16,19,20). The van der Waals surface area contributed by atoms with E-state index in [1.54, 1.807) is 18.3 Å². The molecule has 1 atom stereocenters. The maximum absolute atomic E-state index is 12.5. The average molecular weight is 298 g/mol. The van der Waals surface area contributed by atoms with E-state index in [0.717, 1.165) is 4.90 Å². The van der Waals surface area contributed by atoms with Crippen molar-refractivity contribution in [2.24, 2.45) is 0 Å². The minimum atomic E-state index is -0.943. The molecule has 1 aromatic heterocycles. The third-order valence-electron chi connectivity index (χ3n) is 4.00. The average Bonchev–Trinajstić information content (AvgIpc) is 3.03. The van der Waals surface area contributed by atoms with Crippen molar-refractivity contribution in [2.45, 2.75) is 18.9 Å². The quantitative estimate of drug-likeness (QED) is 0.718. The fourth-order valence-electron chi connectivity index (χ4n) is 2.91. The molecule has 110 valence electrons. The Hall–Kier alpha value is -3.03. The summed E-state index contributed by atoms with van der Waals surface area (Å²) in [6.45, 7) is 0. The normalized spacial score (nSPS) is 21.5. The predicted octanol–water partition coefficient (Wildman–Crippen LogP) is -0.0359. The lowest BCUT2D eigenvalue weighted by molar-refractivity contribution is -0.136. The first-order valence-corrected chi connectivity index (χ1v) is 6.75. The molecule has 2 aliphatic rings. The van der Waals surface area contributed by atoms with Crippen molar-refractivity contribution in [3.05, 3.63) is 29.5 Å². The monoisotopic (exact) mass is 298 g/mol. The number of piperidine rings is 1. The first-order valence-electron chi connectivity index (χ1n) is 6.75. The van der Waals surface area contributed by atoms with Gasteiger partial charge in [-0.3, -0.25) is 34.5 Å². The number of amides is 4. The lowest BCUT2D eigenvalue weighted by Crippen LogP contribution is -2.54. The summed E-state index contributed by atoms with van der Waals surface area (Å²) in [6, 6.07) is 2.20. The largest absolute Gasteiger partial charge is 0.295 e. The second-order valence-electron chi connectivity index (χ2n) is 5.30. The number of carbonyl (C=O) groups excluding carboxylic acids is 4. The number of benzene rings is 1. The fraction of sp³-hybridized carbons (Fsp3) is 0.214. The SMILES string of the molecule is O=C1CCC(N2C(=O)c3cc4cn[nH]c4cc3C2=O)C(=O)N1. The van der Waals surface area contributed by atoms with E-state index in [9.17, 15) is 19.2 Å². The second kappa shape index (κ2) is 4.23. The number of rotatable bonds is 1. The van der Waals surface area contributed by atoms with Gasteiger partial charge in [0.15, 0.2) is 0 Å². The highest BCUT2D eigenvalue weighted by Crippen LogP contribution is 2.30. The van der Waals surface area contributed by atoms with E-state index in [-0.39, 0.29) is 24.0 Å². The minimum Gasteiger partial charge on any atom is -0.295 e. The topological polar surface area (TPSA) is 112 Å². The van der Waals surface area contributed by atoms with Crippen LogP contribution in [0, 0.1) is 0 Å². The minimum absolute atomic E-state index is 0.106. The first-order chi connectivity index (χ1) is 10.6. The summed E-state index contributed by atoms with van der Waals surface area (Å²) < 4.78 is 0. The van der Waals surface area contributed by atoms with Gasteiger partial charge in [-0.25, -0.2) is 0 Å². The molecule has 2 aliphatic heterocycles. The summed E-state index contributed by atoms with van der Waals surface area (Å²) in [5.74, 6) is -2.04. The molecule has 1 unspecified atom stereocenters. The Morgan fingerprint density at radius 2 is 1.82 bits per heavy atom. The first kappa shape index (κ1) is 12.7. The van der Waals surface area contributed by atoms with Gasteiger partial charge in [0.25, 0.3) is 11.8 Å². The lowest BCUT2D eigenvalue weighted by atomic mass is 10.0. The van der Waals surface area contributed by atoms with Gasteiger partial charge in [0.05, 0.1) is 22.8 Å². The van der Waals surface area contributed by atoms with Gasteiger partial charge in [-0.15, -0.1) is 0 Å². The van der Waals surface area contributed by atoms with E-state index in [1.807, 2.05) is 0 Å². The number of hydrogen-bond donors (Lipinski definition) is 2. The molecular formula is C14H10N4O4. The zero-order valence-corrected chi connectivity index (χ0v) is 11.3. The van der Waals surface area contributed by atoms with E-state index < -0.39 is 29.7 Å². The number of nitrogens with zero attached hydrogens (tertiary/aromatic N) is 2. The molecule has 8 heteroatoms. The van der Waals surface area contributed by atoms with E-state index in [0.29, 0.717) is 10.9 Å². The molecule has 4 rings (SSSR count). The Bertz CT molecular complexity index is 819. The van der Waals surface area contributed by atoms with Crippen LogP contribution in [-0.2, 0) is 9.59 Å². The summed E-state index contributed by atoms with van der Waals surface area (Å²) in [5, 5.41) is 9.47. The highest BCUT2D eigenvalue weighted by molar-refractivity contribution is 6.24. The molecule has 0 radical (unpaired) electrons. The Labute approximate surface area is 123 Å². The zero-order chi connectivity index (χ0) is 15.4. The second-order valence-corrected chi connectivity index (χ2v) is 5.30. The zero-order valence-electron chi connectivity index (χ0n) is 11.3. The van der Waals surface area contributed by atoms with Crippen molar-refractivity contribution in [1.82, 2.24) is 20.4 Å². The van der Waals surface area contributed by atoms with Crippen molar-refractivity contribution < 1.29 is 19.2 Å². The molecule has 2 aromatic rings. The summed E-state index contributed by atoms with van der Waals surface area (Å²) in [5.41, 5.74) is 1.14. The summed E-state index contributed by atoms with van der Waals surface area (Å²) in [7, 11) is 0. The van der Waals surface area contributed by atoms with E-state index in [2.05, 4.69) is 15.5 Å². The van der Waals surface area contributed by atoms with Crippen molar-refractivity contribution in [1.29, 1.82) is 0 Å². The number of imide groups is 2. The molecule has 4 amide bonds. The number of carbonyl (C=O) groups is 4. The van der Waals surface area contributed by atoms with Crippen LogP contribution in [0.4, 0.5) is 0 Å². The van der Waals surface area contributed by atoms with Gasteiger partial charge in [-0.2, -0.15) is 5.10 Å². The highest BCUT2D eigenvalue weighted by atomic mass is 16.2. The Morgan fingerprint density at radius 3 is 2.55 bits per heavy atom. The van der Waals surface area contributed by atoms with Gasteiger partial charge in [-0.1, -0.05) is 0 Å². The van der Waals surface area contributed by atoms with Crippen LogP contribution in [0.2, 0.25) is 0 Å². The van der Waals surface area contributed by atoms with Gasteiger partial charge in [-0.05, 0) is 18.6 Å². The predicted molar refractivity (Wildman–Crippen MR) is 72.8 cm³/mol. The van der Waals surface area contributed by atoms with Crippen LogP contribution in [0.3, 0.4) is 0 Å². The van der Waals surface area contributed by atoms with Gasteiger partial charge >= 0.3 is 0 Å². The van der Waals surface area contributed by atoms with Crippen LogP contribution < -0.4 is 5.32 Å². The third-order valence-corrected chi connectivity index (χ3v) is 4.00. The van der Waals surface area contributed by atoms with Crippen LogP contribution in [0.1, 0.15) is 33.6 Å². The summed E-state index contributed by atoms with van der Waals surface area (Å²) >= 11 is 0. The molecular weight excluding hydrogens is 288 g/mol. The number of nitrogens with one attached hydrogen (secondary N) is 2. The number of hydrogen-bond acceptors (Lipinski definition) is 5. The van der Waals surface area contributed by atoms with Crippen LogP contribution in [-0.4, -0.2) is 44.8 Å². The molecule has 0 spiro atoms. The van der Waals surface area contributed by atoms with E-state index >= 15 is 0 Å². The van der Waals surface area contributed by atoms with E-state index in [4.69, 9.17) is 0 Å². The molecule has 1 saturated heterocycles. The van der Waals surface area contributed by atoms with Crippen LogP contribution in [0.5, 0.6) is 0 Å². The van der Waals surface area contributed by atoms with Crippen LogP contribution in [0.25, 0.3) is 10.9 Å². The lowest BCUT2D eigenvalue weighted by Gasteiger charge is -2.27. The molecule has 3 heterocycles. The number of aromatic nitrogens is 2. The highest BCUT2D eigenvalue weighted by Gasteiger charge is 2.44. The molecule has 0 bridgehead atoms. The molecule has 22 heavy (non-hydrogen) atoms. The van der Waals surface area contributed by atoms with E-state index in [1.165, 1.54) is 0 Å². The van der Waals surface area contributed by atoms with Crippen molar-refractivity contribution in [3.63, 3.8) is 0 Å². The molecule has 8 nitrogen and oxygen atoms in total. The summed E-state index contributed by atoms with van der Waals surface area (Å²) in [4.78, 5) is 49.1. The van der Waals surface area contributed by atoms with Gasteiger partial charge in [0, 0.05) is 11.8 Å². The van der Waals surface area contributed by atoms with Crippen LogP contribution in [0.15, 0.2) is 18.3 Å². The van der Waals surface area contributed by atoms with Crippen LogP contribution >= 0.6 is 0 Å². The molecule has 1 fully saturated rings. The number of H-pyrrole nitrogens is 1. The Kier molecular flexibility index (Phi) is 2.44. The van der Waals surface area contributed by atoms with Gasteiger partial charge in [0.1, 0.15) is 6.04 Å². The molecule has 2 N–H and O–H groups in total. The third kappa shape index (κ3) is 1.60. The maximum Gasteiger partial charge on any atom is 0.262 e. The van der Waals surface area contributed by atoms with Crippen molar-refractivity contribution in [2.75, 3.05) is 0 Å². The molecule has 0 aliphatic carbocycles. The molecule has 1 aromatic carbocycles. The van der Waals surface area contributed by atoms with Gasteiger partial charge < -0.3 is 0 Å². The number of fused-ring (bicyclic) bond motifs is 2. The smallest absolute Gasteiger partial charge is 0.262 e.